The number of carbonyl (C=O) groups is 1. The van der Waals surface area contributed by atoms with Crippen molar-refractivity contribution in [2.24, 2.45) is 5.92 Å². The van der Waals surface area contributed by atoms with Gasteiger partial charge in [0.1, 0.15) is 5.52 Å². The number of hydrogen-bond acceptors (Lipinski definition) is 6. The van der Waals surface area contributed by atoms with Gasteiger partial charge in [-0.3, -0.25) is 4.98 Å². The van der Waals surface area contributed by atoms with Crippen molar-refractivity contribution in [2.75, 3.05) is 5.32 Å². The molecule has 0 radical (unpaired) electrons. The Hall–Kier alpha value is -2.67. The summed E-state index contributed by atoms with van der Waals surface area (Å²) < 4.78 is 5.70. The fraction of sp³-hybridized carbons (Fsp3) is 0.269. The molecule has 1 saturated carbocycles. The van der Waals surface area contributed by atoms with Crippen molar-refractivity contribution in [3.63, 3.8) is 0 Å². The summed E-state index contributed by atoms with van der Waals surface area (Å²) in [5, 5.41) is 14.0. The number of nitrogens with one attached hydrogen (secondary N) is 1. The molecule has 2 heterocycles. The van der Waals surface area contributed by atoms with Gasteiger partial charge in [0.05, 0.1) is 17.6 Å². The number of fused-ring (bicyclic) bond motifs is 1. The molecule has 1 N–H and O–H groups in total. The molecule has 7 heteroatoms. The van der Waals surface area contributed by atoms with E-state index in [1.54, 1.807) is 6.20 Å². The fourth-order valence-electron chi connectivity index (χ4n) is 4.55. The monoisotopic (exact) mass is 449 g/mol. The third-order valence-electron chi connectivity index (χ3n) is 6.29. The van der Waals surface area contributed by atoms with Gasteiger partial charge >= 0.3 is 29.6 Å². The SMILES string of the molecule is O=C([O-])CC1CCC(c2ccc(-c3ccc(Nc4nc5ccccc5o4)cn3)cc2)CC1.[Na+]. The van der Waals surface area contributed by atoms with Crippen molar-refractivity contribution in [3.05, 3.63) is 72.4 Å². The first-order valence-electron chi connectivity index (χ1n) is 11.0. The summed E-state index contributed by atoms with van der Waals surface area (Å²) in [4.78, 5) is 19.8. The maximum absolute atomic E-state index is 10.8. The van der Waals surface area contributed by atoms with E-state index in [4.69, 9.17) is 4.42 Å². The van der Waals surface area contributed by atoms with Gasteiger partial charge in [-0.1, -0.05) is 36.4 Å². The molecule has 0 spiro atoms. The van der Waals surface area contributed by atoms with Crippen LogP contribution in [0.2, 0.25) is 0 Å². The summed E-state index contributed by atoms with van der Waals surface area (Å²) in [6, 6.07) is 20.6. The van der Waals surface area contributed by atoms with Gasteiger partial charge in [0.25, 0.3) is 6.01 Å². The summed E-state index contributed by atoms with van der Waals surface area (Å²) >= 11 is 0. The Labute approximate surface area is 214 Å². The van der Waals surface area contributed by atoms with Crippen LogP contribution in [0.5, 0.6) is 0 Å². The minimum atomic E-state index is -0.930. The number of carbonyl (C=O) groups excluding carboxylic acids is 1. The number of carboxylic acid groups (broad SMARTS) is 1. The standard InChI is InChI=1S/C26H25N3O3.Na/c30-25(31)15-17-5-7-18(8-6-17)19-9-11-20(12-10-19)22-14-13-21(16-27-22)28-26-29-23-3-1-2-4-24(23)32-26;/h1-4,9-14,16-18H,5-8,15H2,(H,28,29)(H,30,31);/q;+1/p-1. The molecule has 2 aromatic carbocycles. The van der Waals surface area contributed by atoms with Crippen molar-refractivity contribution in [2.45, 2.75) is 38.0 Å². The third-order valence-corrected chi connectivity index (χ3v) is 6.29. The van der Waals surface area contributed by atoms with Crippen molar-refractivity contribution in [1.29, 1.82) is 0 Å². The molecule has 2 aromatic heterocycles. The Morgan fingerprint density at radius 1 is 1.00 bits per heavy atom. The molecule has 0 unspecified atom stereocenters. The van der Waals surface area contributed by atoms with E-state index in [1.165, 1.54) is 5.56 Å². The van der Waals surface area contributed by atoms with Gasteiger partial charge in [-0.2, -0.15) is 4.98 Å². The van der Waals surface area contributed by atoms with E-state index in [9.17, 15) is 9.90 Å². The number of aromatic nitrogens is 2. The van der Waals surface area contributed by atoms with Crippen LogP contribution in [0, 0.1) is 5.92 Å². The summed E-state index contributed by atoms with van der Waals surface area (Å²) in [5.74, 6) is -0.167. The maximum Gasteiger partial charge on any atom is 1.00 e. The number of carboxylic acids is 1. The number of para-hydroxylation sites is 2. The Bertz CT molecular complexity index is 1180. The molecule has 1 aliphatic carbocycles. The second-order valence-electron chi connectivity index (χ2n) is 8.46. The molecule has 0 bridgehead atoms. The van der Waals surface area contributed by atoms with Crippen LogP contribution in [0.1, 0.15) is 43.6 Å². The molecule has 0 saturated heterocycles. The van der Waals surface area contributed by atoms with Crippen LogP contribution < -0.4 is 40.0 Å². The van der Waals surface area contributed by atoms with E-state index in [1.807, 2.05) is 36.4 Å². The quantitative estimate of drug-likeness (QED) is 0.453. The molecule has 6 nitrogen and oxygen atoms in total. The average molecular weight is 449 g/mol. The number of hydrogen-bond donors (Lipinski definition) is 1. The smallest absolute Gasteiger partial charge is 0.550 e. The fourth-order valence-corrected chi connectivity index (χ4v) is 4.55. The van der Waals surface area contributed by atoms with E-state index >= 15 is 0 Å². The normalized spacial score (nSPS) is 17.9. The minimum absolute atomic E-state index is 0. The Kier molecular flexibility index (Phi) is 7.48. The number of nitrogens with zero attached hydrogens (tertiary/aromatic N) is 2. The van der Waals surface area contributed by atoms with Crippen molar-refractivity contribution < 1.29 is 43.9 Å². The van der Waals surface area contributed by atoms with Crippen molar-refractivity contribution >= 4 is 28.8 Å². The zero-order chi connectivity index (χ0) is 21.9. The number of rotatable bonds is 6. The molecule has 1 aliphatic rings. The number of pyridine rings is 1. The number of benzene rings is 2. The number of aliphatic carboxylic acids is 1. The van der Waals surface area contributed by atoms with Gasteiger partial charge in [0.15, 0.2) is 5.58 Å². The second-order valence-corrected chi connectivity index (χ2v) is 8.46. The van der Waals surface area contributed by atoms with Crippen LogP contribution in [0.15, 0.2) is 71.3 Å². The van der Waals surface area contributed by atoms with Crippen LogP contribution in [0.3, 0.4) is 0 Å². The zero-order valence-corrected chi connectivity index (χ0v) is 20.7. The van der Waals surface area contributed by atoms with Crippen LogP contribution in [-0.2, 0) is 4.79 Å². The summed E-state index contributed by atoms with van der Waals surface area (Å²) in [7, 11) is 0. The zero-order valence-electron chi connectivity index (χ0n) is 18.7. The Balaban J connectivity index is 0.00000259. The van der Waals surface area contributed by atoms with E-state index in [0.717, 1.165) is 53.7 Å². The molecule has 0 aliphatic heterocycles. The van der Waals surface area contributed by atoms with Gasteiger partial charge in [-0.25, -0.2) is 0 Å². The van der Waals surface area contributed by atoms with Crippen LogP contribution in [0.4, 0.5) is 11.7 Å². The van der Waals surface area contributed by atoms with E-state index in [2.05, 4.69) is 39.6 Å². The molecule has 0 atom stereocenters. The maximum atomic E-state index is 10.8. The third kappa shape index (κ3) is 5.64. The van der Waals surface area contributed by atoms with Crippen LogP contribution >= 0.6 is 0 Å². The average Bonchev–Trinajstić information content (AvgIpc) is 3.22. The van der Waals surface area contributed by atoms with Crippen LogP contribution in [-0.4, -0.2) is 15.9 Å². The van der Waals surface area contributed by atoms with Gasteiger partial charge in [-0.15, -0.1) is 0 Å². The minimum Gasteiger partial charge on any atom is -0.550 e. The Morgan fingerprint density at radius 2 is 1.76 bits per heavy atom. The predicted octanol–water partition coefficient (Wildman–Crippen LogP) is 2.05. The van der Waals surface area contributed by atoms with Crippen LogP contribution in [0.25, 0.3) is 22.4 Å². The predicted molar refractivity (Wildman–Crippen MR) is 121 cm³/mol. The number of oxazole rings is 1. The molecule has 4 aromatic rings. The molecule has 1 fully saturated rings. The summed E-state index contributed by atoms with van der Waals surface area (Å²) in [6.07, 6.45) is 5.94. The second kappa shape index (κ2) is 10.5. The largest absolute Gasteiger partial charge is 1.00 e. The van der Waals surface area contributed by atoms with Crippen molar-refractivity contribution in [1.82, 2.24) is 9.97 Å². The summed E-state index contributed by atoms with van der Waals surface area (Å²) in [5.41, 5.74) is 5.64. The first-order valence-corrected chi connectivity index (χ1v) is 11.0. The number of anilines is 2. The first-order chi connectivity index (χ1) is 15.6. The topological polar surface area (TPSA) is 91.1 Å². The summed E-state index contributed by atoms with van der Waals surface area (Å²) in [6.45, 7) is 0. The molecule has 33 heavy (non-hydrogen) atoms. The molecule has 5 rings (SSSR count). The van der Waals surface area contributed by atoms with Crippen molar-refractivity contribution in [3.8, 4) is 11.3 Å². The Morgan fingerprint density at radius 3 is 2.42 bits per heavy atom. The first kappa shape index (κ1) is 23.5. The van der Waals surface area contributed by atoms with E-state index in [-0.39, 0.29) is 41.9 Å². The van der Waals surface area contributed by atoms with Gasteiger partial charge in [0.2, 0.25) is 0 Å². The van der Waals surface area contributed by atoms with Gasteiger partial charge in [-0.05, 0) is 73.8 Å². The molecule has 162 valence electrons. The molecule has 0 amide bonds. The van der Waals surface area contributed by atoms with E-state index in [0.29, 0.717) is 11.9 Å². The van der Waals surface area contributed by atoms with Gasteiger partial charge in [0, 0.05) is 11.5 Å². The molecular weight excluding hydrogens is 425 g/mol. The molecular formula is C26H24N3NaO3. The van der Waals surface area contributed by atoms with Gasteiger partial charge < -0.3 is 19.6 Å². The van der Waals surface area contributed by atoms with E-state index < -0.39 is 5.97 Å².